The van der Waals surface area contributed by atoms with Crippen molar-refractivity contribution >= 4 is 11.9 Å². The van der Waals surface area contributed by atoms with Crippen molar-refractivity contribution in [3.05, 3.63) is 47.5 Å². The Labute approximate surface area is 175 Å². The summed E-state index contributed by atoms with van der Waals surface area (Å²) in [6.45, 7) is 4.27. The Balaban J connectivity index is 1.15. The van der Waals surface area contributed by atoms with Gasteiger partial charge in [0.2, 0.25) is 0 Å². The molecule has 1 unspecified atom stereocenters. The van der Waals surface area contributed by atoms with E-state index in [1.807, 2.05) is 35.2 Å². The van der Waals surface area contributed by atoms with Crippen LogP contribution >= 0.6 is 0 Å². The van der Waals surface area contributed by atoms with Gasteiger partial charge in [0.25, 0.3) is 5.91 Å². The van der Waals surface area contributed by atoms with Crippen LogP contribution in [0.1, 0.15) is 34.8 Å². The van der Waals surface area contributed by atoms with E-state index in [2.05, 4.69) is 30.3 Å². The molecule has 2 saturated heterocycles. The van der Waals surface area contributed by atoms with Gasteiger partial charge in [-0.25, -0.2) is 4.79 Å². The van der Waals surface area contributed by atoms with E-state index in [1.54, 1.807) is 0 Å². The molecule has 2 aromatic rings. The molecule has 158 valence electrons. The van der Waals surface area contributed by atoms with Crippen LogP contribution in [-0.4, -0.2) is 74.8 Å². The van der Waals surface area contributed by atoms with Crippen molar-refractivity contribution in [2.24, 2.45) is 0 Å². The van der Waals surface area contributed by atoms with Crippen molar-refractivity contribution < 1.29 is 9.59 Å². The topological polar surface area (TPSA) is 95.4 Å². The zero-order valence-electron chi connectivity index (χ0n) is 17.0. The van der Waals surface area contributed by atoms with Crippen LogP contribution in [0.15, 0.2) is 30.3 Å². The predicted molar refractivity (Wildman–Crippen MR) is 110 cm³/mol. The average molecular weight is 409 g/mol. The van der Waals surface area contributed by atoms with E-state index < -0.39 is 0 Å². The fraction of sp³-hybridized carbons (Fsp3) is 0.524. The molecule has 2 bridgehead atoms. The van der Waals surface area contributed by atoms with Gasteiger partial charge in [0.1, 0.15) is 5.82 Å². The number of carbonyl (C=O) groups is 2. The standard InChI is InChI=1S/C21H27N7O2/c29-20(15-5-2-1-3-6-15)28-14-17(26-10-8-16(28)13-26)11-22-21(30)23-12-19-25-24-18-7-4-9-27(18)19/h1-3,5-6,16-17H,4,7-14H2,(H2,22,23,30)/t16-,17+/m0/s1. The molecule has 0 radical (unpaired) electrons. The quantitative estimate of drug-likeness (QED) is 0.755. The Morgan fingerprint density at radius 1 is 1.07 bits per heavy atom. The van der Waals surface area contributed by atoms with Gasteiger partial charge < -0.3 is 20.1 Å². The number of hydrogen-bond donors (Lipinski definition) is 2. The van der Waals surface area contributed by atoms with Crippen LogP contribution in [0.25, 0.3) is 0 Å². The number of carbonyl (C=O) groups excluding carboxylic acids is 2. The van der Waals surface area contributed by atoms with Gasteiger partial charge >= 0.3 is 6.03 Å². The number of amides is 3. The monoisotopic (exact) mass is 409 g/mol. The molecule has 3 atom stereocenters. The molecule has 0 spiro atoms. The molecule has 0 saturated carbocycles. The van der Waals surface area contributed by atoms with Gasteiger partial charge in [0.15, 0.2) is 5.82 Å². The molecule has 9 nitrogen and oxygen atoms in total. The first-order valence-corrected chi connectivity index (χ1v) is 10.7. The number of benzene rings is 1. The Morgan fingerprint density at radius 2 is 1.93 bits per heavy atom. The van der Waals surface area contributed by atoms with Crippen LogP contribution in [0.5, 0.6) is 0 Å². The van der Waals surface area contributed by atoms with Crippen molar-refractivity contribution in [3.63, 3.8) is 0 Å². The fourth-order valence-electron chi connectivity index (χ4n) is 4.81. The zero-order chi connectivity index (χ0) is 20.5. The van der Waals surface area contributed by atoms with E-state index in [9.17, 15) is 9.59 Å². The lowest BCUT2D eigenvalue weighted by atomic mass is 10.1. The summed E-state index contributed by atoms with van der Waals surface area (Å²) in [5.74, 6) is 1.88. The van der Waals surface area contributed by atoms with E-state index in [-0.39, 0.29) is 24.0 Å². The molecule has 4 heterocycles. The second-order valence-corrected chi connectivity index (χ2v) is 8.27. The molecule has 0 aliphatic carbocycles. The van der Waals surface area contributed by atoms with Crippen LogP contribution in [0, 0.1) is 0 Å². The fourth-order valence-corrected chi connectivity index (χ4v) is 4.81. The summed E-state index contributed by atoms with van der Waals surface area (Å²) in [7, 11) is 0. The van der Waals surface area contributed by atoms with E-state index in [4.69, 9.17) is 0 Å². The first-order valence-electron chi connectivity index (χ1n) is 10.7. The van der Waals surface area contributed by atoms with E-state index in [1.165, 1.54) is 0 Å². The van der Waals surface area contributed by atoms with Crippen molar-refractivity contribution in [2.45, 2.75) is 44.4 Å². The number of nitrogens with zero attached hydrogens (tertiary/aromatic N) is 5. The number of aromatic nitrogens is 3. The van der Waals surface area contributed by atoms with Crippen molar-refractivity contribution in [1.82, 2.24) is 35.2 Å². The minimum Gasteiger partial charge on any atom is -0.337 e. The number of piperazine rings is 1. The maximum Gasteiger partial charge on any atom is 0.315 e. The summed E-state index contributed by atoms with van der Waals surface area (Å²) in [6, 6.07) is 9.61. The molecule has 2 fully saturated rings. The Morgan fingerprint density at radius 3 is 2.80 bits per heavy atom. The van der Waals surface area contributed by atoms with Crippen LogP contribution < -0.4 is 10.6 Å². The van der Waals surface area contributed by atoms with E-state index in [0.717, 1.165) is 56.1 Å². The highest BCUT2D eigenvalue weighted by Crippen LogP contribution is 2.26. The van der Waals surface area contributed by atoms with Crippen molar-refractivity contribution in [3.8, 4) is 0 Å². The number of rotatable bonds is 5. The minimum absolute atomic E-state index is 0.0808. The molecular formula is C21H27N7O2. The number of nitrogens with one attached hydrogen (secondary N) is 2. The van der Waals surface area contributed by atoms with Crippen LogP contribution in [0.4, 0.5) is 4.79 Å². The van der Waals surface area contributed by atoms with Gasteiger partial charge in [0.05, 0.1) is 6.54 Å². The van der Waals surface area contributed by atoms with Gasteiger partial charge in [0, 0.05) is 56.8 Å². The number of urea groups is 1. The average Bonchev–Trinajstić information content (AvgIpc) is 3.49. The van der Waals surface area contributed by atoms with Gasteiger partial charge in [-0.15, -0.1) is 10.2 Å². The molecule has 1 aromatic heterocycles. The maximum absolute atomic E-state index is 13.0. The largest absolute Gasteiger partial charge is 0.337 e. The van der Waals surface area contributed by atoms with Gasteiger partial charge in [-0.05, 0) is 25.0 Å². The Kier molecular flexibility index (Phi) is 5.12. The van der Waals surface area contributed by atoms with Crippen LogP contribution in [-0.2, 0) is 19.5 Å². The molecular weight excluding hydrogens is 382 g/mol. The lowest BCUT2D eigenvalue weighted by molar-refractivity contribution is 0.0499. The summed E-state index contributed by atoms with van der Waals surface area (Å²) in [5, 5.41) is 14.2. The van der Waals surface area contributed by atoms with E-state index in [0.29, 0.717) is 19.6 Å². The van der Waals surface area contributed by atoms with E-state index >= 15 is 0 Å². The summed E-state index contributed by atoms with van der Waals surface area (Å²) < 4.78 is 2.08. The first kappa shape index (κ1) is 19.0. The molecule has 3 amide bonds. The molecule has 1 aromatic carbocycles. The Hall–Kier alpha value is -2.94. The molecule has 3 aliphatic heterocycles. The van der Waals surface area contributed by atoms with Crippen LogP contribution in [0.3, 0.4) is 0 Å². The number of hydrogen-bond acceptors (Lipinski definition) is 5. The maximum atomic E-state index is 13.0. The lowest BCUT2D eigenvalue weighted by Crippen LogP contribution is -2.58. The highest BCUT2D eigenvalue weighted by Gasteiger charge is 2.40. The highest BCUT2D eigenvalue weighted by atomic mass is 16.2. The predicted octanol–water partition coefficient (Wildman–Crippen LogP) is 0.622. The molecule has 30 heavy (non-hydrogen) atoms. The van der Waals surface area contributed by atoms with Gasteiger partial charge in [-0.3, -0.25) is 9.69 Å². The lowest BCUT2D eigenvalue weighted by Gasteiger charge is -2.40. The smallest absolute Gasteiger partial charge is 0.315 e. The molecule has 2 N–H and O–H groups in total. The summed E-state index contributed by atoms with van der Waals surface area (Å²) >= 11 is 0. The number of fused-ring (bicyclic) bond motifs is 3. The normalized spacial score (nSPS) is 24.5. The highest BCUT2D eigenvalue weighted by molar-refractivity contribution is 5.94. The van der Waals surface area contributed by atoms with Crippen molar-refractivity contribution in [2.75, 3.05) is 26.2 Å². The summed E-state index contributed by atoms with van der Waals surface area (Å²) in [4.78, 5) is 29.7. The third-order valence-corrected chi connectivity index (χ3v) is 6.43. The third-order valence-electron chi connectivity index (χ3n) is 6.43. The van der Waals surface area contributed by atoms with Crippen molar-refractivity contribution in [1.29, 1.82) is 0 Å². The third kappa shape index (κ3) is 3.65. The molecule has 3 aliphatic rings. The summed E-state index contributed by atoms with van der Waals surface area (Å²) in [6.07, 6.45) is 3.02. The minimum atomic E-state index is -0.215. The Bertz CT molecular complexity index is 929. The SMILES string of the molecule is O=C(NCc1nnc2n1CCC2)NC[C@@H]1CN(C(=O)c2ccccc2)[C@H]2CCN1C2. The first-order chi connectivity index (χ1) is 14.7. The molecule has 5 rings (SSSR count). The zero-order valence-corrected chi connectivity index (χ0v) is 17.0. The second-order valence-electron chi connectivity index (χ2n) is 8.27. The molecule has 9 heteroatoms. The summed E-state index contributed by atoms with van der Waals surface area (Å²) in [5.41, 5.74) is 0.725. The van der Waals surface area contributed by atoms with Crippen LogP contribution in [0.2, 0.25) is 0 Å². The number of aryl methyl sites for hydroxylation is 1. The van der Waals surface area contributed by atoms with Gasteiger partial charge in [-0.1, -0.05) is 18.2 Å². The second kappa shape index (κ2) is 8.06. The van der Waals surface area contributed by atoms with Gasteiger partial charge in [-0.2, -0.15) is 0 Å².